The number of anilines is 1. The maximum atomic E-state index is 12.3. The van der Waals surface area contributed by atoms with Crippen molar-refractivity contribution >= 4 is 5.82 Å². The van der Waals surface area contributed by atoms with Crippen LogP contribution < -0.4 is 16.2 Å². The molecular formula is C13H24N4O. The highest BCUT2D eigenvalue weighted by Gasteiger charge is 2.12. The van der Waals surface area contributed by atoms with Gasteiger partial charge in [-0.1, -0.05) is 13.8 Å². The zero-order valence-electron chi connectivity index (χ0n) is 11.4. The number of rotatable bonds is 8. The molecule has 0 aliphatic rings. The van der Waals surface area contributed by atoms with E-state index in [2.05, 4.69) is 18.8 Å². The lowest BCUT2D eigenvalue weighted by Crippen LogP contribution is -2.35. The van der Waals surface area contributed by atoms with Crippen molar-refractivity contribution in [2.45, 2.75) is 39.7 Å². The van der Waals surface area contributed by atoms with Crippen molar-refractivity contribution in [1.82, 2.24) is 9.55 Å². The molecule has 0 aromatic carbocycles. The molecule has 5 nitrogen and oxygen atoms in total. The molecule has 0 fully saturated rings. The van der Waals surface area contributed by atoms with E-state index in [4.69, 9.17) is 5.73 Å². The Morgan fingerprint density at radius 1 is 1.33 bits per heavy atom. The smallest absolute Gasteiger partial charge is 0.293 e. The highest BCUT2D eigenvalue weighted by molar-refractivity contribution is 5.35. The minimum atomic E-state index is 0.00446. The van der Waals surface area contributed by atoms with Crippen LogP contribution in [0.3, 0.4) is 0 Å². The monoisotopic (exact) mass is 252 g/mol. The Kier molecular flexibility index (Phi) is 6.43. The summed E-state index contributed by atoms with van der Waals surface area (Å²) >= 11 is 0. The lowest BCUT2D eigenvalue weighted by atomic mass is 10.3. The molecule has 2 N–H and O–H groups in total. The Morgan fingerprint density at radius 3 is 2.72 bits per heavy atom. The Morgan fingerprint density at radius 2 is 2.11 bits per heavy atom. The van der Waals surface area contributed by atoms with Gasteiger partial charge in [0.25, 0.3) is 5.56 Å². The van der Waals surface area contributed by atoms with E-state index in [1.165, 1.54) is 0 Å². The fourth-order valence-corrected chi connectivity index (χ4v) is 1.95. The molecule has 1 heterocycles. The first-order valence-corrected chi connectivity index (χ1v) is 6.75. The van der Waals surface area contributed by atoms with E-state index in [0.717, 1.165) is 38.9 Å². The van der Waals surface area contributed by atoms with Crippen LogP contribution in [0.5, 0.6) is 0 Å². The van der Waals surface area contributed by atoms with Crippen molar-refractivity contribution in [2.24, 2.45) is 5.73 Å². The van der Waals surface area contributed by atoms with Crippen LogP contribution in [0.15, 0.2) is 17.2 Å². The number of hydrogen-bond donors (Lipinski definition) is 1. The maximum Gasteiger partial charge on any atom is 0.293 e. The van der Waals surface area contributed by atoms with Crippen LogP contribution in [0.4, 0.5) is 5.82 Å². The fourth-order valence-electron chi connectivity index (χ4n) is 1.95. The van der Waals surface area contributed by atoms with Gasteiger partial charge in [0.1, 0.15) is 0 Å². The summed E-state index contributed by atoms with van der Waals surface area (Å²) in [5, 5.41) is 0. The van der Waals surface area contributed by atoms with Crippen LogP contribution >= 0.6 is 0 Å². The lowest BCUT2D eigenvalue weighted by molar-refractivity contribution is 0.634. The first kappa shape index (κ1) is 14.7. The molecule has 0 spiro atoms. The van der Waals surface area contributed by atoms with Crippen LogP contribution in [0.25, 0.3) is 0 Å². The van der Waals surface area contributed by atoms with E-state index in [1.54, 1.807) is 17.0 Å². The van der Waals surface area contributed by atoms with E-state index in [-0.39, 0.29) is 5.56 Å². The summed E-state index contributed by atoms with van der Waals surface area (Å²) in [4.78, 5) is 18.6. The molecule has 0 atom stereocenters. The van der Waals surface area contributed by atoms with Gasteiger partial charge in [-0.2, -0.15) is 0 Å². The molecule has 0 saturated heterocycles. The van der Waals surface area contributed by atoms with E-state index in [0.29, 0.717) is 12.4 Å². The largest absolute Gasteiger partial charge is 0.352 e. The number of nitrogens with zero attached hydrogens (tertiary/aromatic N) is 3. The Bertz CT molecular complexity index is 402. The van der Waals surface area contributed by atoms with Gasteiger partial charge >= 0.3 is 0 Å². The maximum absolute atomic E-state index is 12.3. The predicted octanol–water partition coefficient (Wildman–Crippen LogP) is 1.22. The molecule has 0 bridgehead atoms. The Hall–Kier alpha value is -1.36. The van der Waals surface area contributed by atoms with Crippen molar-refractivity contribution in [1.29, 1.82) is 0 Å². The molecule has 1 aromatic heterocycles. The minimum absolute atomic E-state index is 0.00446. The third-order valence-corrected chi connectivity index (χ3v) is 2.79. The lowest BCUT2D eigenvalue weighted by Gasteiger charge is -2.22. The number of aromatic nitrogens is 2. The van der Waals surface area contributed by atoms with Gasteiger partial charge in [-0.05, 0) is 25.8 Å². The summed E-state index contributed by atoms with van der Waals surface area (Å²) in [6.07, 6.45) is 6.28. The molecular weight excluding hydrogens is 228 g/mol. The molecule has 0 radical (unpaired) electrons. The summed E-state index contributed by atoms with van der Waals surface area (Å²) in [6.45, 7) is 7.18. The summed E-state index contributed by atoms with van der Waals surface area (Å²) in [5.41, 5.74) is 5.54. The van der Waals surface area contributed by atoms with Crippen molar-refractivity contribution in [2.75, 3.05) is 24.5 Å². The zero-order chi connectivity index (χ0) is 13.4. The van der Waals surface area contributed by atoms with E-state index >= 15 is 0 Å². The molecule has 0 aliphatic heterocycles. The predicted molar refractivity (Wildman–Crippen MR) is 75.0 cm³/mol. The third-order valence-electron chi connectivity index (χ3n) is 2.79. The van der Waals surface area contributed by atoms with E-state index < -0.39 is 0 Å². The van der Waals surface area contributed by atoms with Crippen LogP contribution in [-0.2, 0) is 6.54 Å². The zero-order valence-corrected chi connectivity index (χ0v) is 11.4. The standard InChI is InChI=1S/C13H24N4O/c1-3-8-16(10-5-6-14)12-13(18)17(9-4-2)11-7-15-12/h7,11H,3-6,8-10,14H2,1-2H3. The van der Waals surface area contributed by atoms with Gasteiger partial charge in [-0.15, -0.1) is 0 Å². The first-order valence-electron chi connectivity index (χ1n) is 6.75. The summed E-state index contributed by atoms with van der Waals surface area (Å²) < 4.78 is 1.73. The van der Waals surface area contributed by atoms with Crippen molar-refractivity contribution in [3.05, 3.63) is 22.7 Å². The average Bonchev–Trinajstić information content (AvgIpc) is 2.38. The average molecular weight is 252 g/mol. The Labute approximate surface area is 109 Å². The van der Waals surface area contributed by atoms with Crippen molar-refractivity contribution < 1.29 is 0 Å². The van der Waals surface area contributed by atoms with Gasteiger partial charge in [0, 0.05) is 32.0 Å². The third kappa shape index (κ3) is 3.84. The molecule has 0 amide bonds. The van der Waals surface area contributed by atoms with Gasteiger partial charge in [0.15, 0.2) is 5.82 Å². The van der Waals surface area contributed by atoms with Gasteiger partial charge < -0.3 is 15.2 Å². The van der Waals surface area contributed by atoms with Crippen molar-refractivity contribution in [3.8, 4) is 0 Å². The molecule has 18 heavy (non-hydrogen) atoms. The molecule has 0 saturated carbocycles. The quantitative estimate of drug-likeness (QED) is 0.755. The number of hydrogen-bond acceptors (Lipinski definition) is 4. The normalized spacial score (nSPS) is 10.6. The van der Waals surface area contributed by atoms with Crippen LogP contribution in [0.2, 0.25) is 0 Å². The SMILES string of the molecule is CCCN(CCCN)c1nccn(CCC)c1=O. The fraction of sp³-hybridized carbons (Fsp3) is 0.692. The molecule has 102 valence electrons. The van der Waals surface area contributed by atoms with Crippen molar-refractivity contribution in [3.63, 3.8) is 0 Å². The highest BCUT2D eigenvalue weighted by atomic mass is 16.1. The van der Waals surface area contributed by atoms with E-state index in [1.807, 2.05) is 4.90 Å². The summed E-state index contributed by atoms with van der Waals surface area (Å²) in [6, 6.07) is 0. The van der Waals surface area contributed by atoms with Gasteiger partial charge in [0.05, 0.1) is 0 Å². The molecule has 5 heteroatoms. The van der Waals surface area contributed by atoms with Crippen LogP contribution in [-0.4, -0.2) is 29.2 Å². The van der Waals surface area contributed by atoms with Gasteiger partial charge in [-0.25, -0.2) is 4.98 Å². The molecule has 0 aliphatic carbocycles. The van der Waals surface area contributed by atoms with E-state index in [9.17, 15) is 4.79 Å². The Balaban J connectivity index is 2.96. The topological polar surface area (TPSA) is 64.2 Å². The molecule has 1 rings (SSSR count). The second-order valence-electron chi connectivity index (χ2n) is 4.38. The number of nitrogens with two attached hydrogens (primary N) is 1. The van der Waals surface area contributed by atoms with Gasteiger partial charge in [-0.3, -0.25) is 4.79 Å². The minimum Gasteiger partial charge on any atom is -0.352 e. The van der Waals surface area contributed by atoms with Crippen LogP contribution in [0.1, 0.15) is 33.1 Å². The second kappa shape index (κ2) is 7.87. The number of aryl methyl sites for hydroxylation is 1. The first-order chi connectivity index (χ1) is 8.74. The molecule has 0 unspecified atom stereocenters. The van der Waals surface area contributed by atoms with Crippen LogP contribution in [0, 0.1) is 0 Å². The van der Waals surface area contributed by atoms with Gasteiger partial charge in [0.2, 0.25) is 0 Å². The highest BCUT2D eigenvalue weighted by Crippen LogP contribution is 2.05. The summed E-state index contributed by atoms with van der Waals surface area (Å²) in [5.74, 6) is 0.557. The second-order valence-corrected chi connectivity index (χ2v) is 4.38. The molecule has 1 aromatic rings. The summed E-state index contributed by atoms with van der Waals surface area (Å²) in [7, 11) is 0.